The number of carbonyl (C=O) groups excluding carboxylic acids is 1. The Bertz CT molecular complexity index is 1720. The standard InChI is InChI=1S/C30H30F2N6O3/c1-5-8-22-27(17(3)11-12-33-22)38-29-19(15-21(32)26(34-29)25-20(31)9-7-10-23(25)39)28(35-30(38)41)37-14-13-36(16-18(37)4)24(40)6-2/h6-7,9-12,15,18,39H,2,5,8,13-14,16H2,1,3-4H3. The number of hydrogen-bond donors (Lipinski definition) is 1. The molecule has 4 aromatic rings. The monoisotopic (exact) mass is 560 g/mol. The van der Waals surface area contributed by atoms with Crippen molar-refractivity contribution >= 4 is 22.8 Å². The minimum atomic E-state index is -0.893. The van der Waals surface area contributed by atoms with Crippen LogP contribution in [-0.4, -0.2) is 61.1 Å². The summed E-state index contributed by atoms with van der Waals surface area (Å²) in [7, 11) is 0. The molecule has 0 radical (unpaired) electrons. The lowest BCUT2D eigenvalue weighted by Gasteiger charge is -2.40. The van der Waals surface area contributed by atoms with E-state index in [1.807, 2.05) is 25.7 Å². The molecule has 41 heavy (non-hydrogen) atoms. The summed E-state index contributed by atoms with van der Waals surface area (Å²) >= 11 is 0. The van der Waals surface area contributed by atoms with Gasteiger partial charge in [0.2, 0.25) is 5.91 Å². The third-order valence-electron chi connectivity index (χ3n) is 7.33. The number of pyridine rings is 2. The molecule has 0 bridgehead atoms. The molecule has 1 aromatic carbocycles. The number of piperazine rings is 1. The van der Waals surface area contributed by atoms with Gasteiger partial charge in [0.1, 0.15) is 23.1 Å². The van der Waals surface area contributed by atoms with Crippen molar-refractivity contribution in [2.75, 3.05) is 24.5 Å². The Morgan fingerprint density at radius 2 is 1.98 bits per heavy atom. The number of aryl methyl sites for hydroxylation is 2. The second kappa shape index (κ2) is 11.1. The zero-order valence-electron chi connectivity index (χ0n) is 23.1. The van der Waals surface area contributed by atoms with Crippen molar-refractivity contribution in [3.8, 4) is 22.7 Å². The highest BCUT2D eigenvalue weighted by Gasteiger charge is 2.31. The highest BCUT2D eigenvalue weighted by atomic mass is 19.1. The lowest BCUT2D eigenvalue weighted by atomic mass is 10.1. The van der Waals surface area contributed by atoms with Crippen molar-refractivity contribution in [3.05, 3.63) is 82.6 Å². The van der Waals surface area contributed by atoms with Crippen LogP contribution >= 0.6 is 0 Å². The maximum absolute atomic E-state index is 15.8. The topological polar surface area (TPSA) is 104 Å². The first-order valence-electron chi connectivity index (χ1n) is 13.4. The predicted octanol–water partition coefficient (Wildman–Crippen LogP) is 4.31. The van der Waals surface area contributed by atoms with E-state index >= 15 is 4.39 Å². The van der Waals surface area contributed by atoms with Crippen molar-refractivity contribution in [1.82, 2.24) is 24.4 Å². The van der Waals surface area contributed by atoms with Crippen LogP contribution in [0.3, 0.4) is 0 Å². The fourth-order valence-corrected chi connectivity index (χ4v) is 5.38. The summed E-state index contributed by atoms with van der Waals surface area (Å²) in [6.45, 7) is 10.3. The van der Waals surface area contributed by atoms with Crippen LogP contribution in [0.25, 0.3) is 28.0 Å². The quantitative estimate of drug-likeness (QED) is 0.351. The Kier molecular flexibility index (Phi) is 7.53. The Morgan fingerprint density at radius 3 is 2.66 bits per heavy atom. The third-order valence-corrected chi connectivity index (χ3v) is 7.33. The number of phenols is 1. The molecule has 1 N–H and O–H groups in total. The molecule has 1 aliphatic heterocycles. The molecule has 0 aliphatic carbocycles. The van der Waals surface area contributed by atoms with Gasteiger partial charge in [-0.1, -0.05) is 26.0 Å². The van der Waals surface area contributed by atoms with Crippen LogP contribution in [0.1, 0.15) is 31.5 Å². The van der Waals surface area contributed by atoms with Gasteiger partial charge in [-0.3, -0.25) is 9.78 Å². The molecule has 1 aliphatic rings. The molecule has 0 spiro atoms. The minimum Gasteiger partial charge on any atom is -0.507 e. The number of hydrogen-bond acceptors (Lipinski definition) is 7. The van der Waals surface area contributed by atoms with Crippen molar-refractivity contribution in [2.45, 2.75) is 39.7 Å². The highest BCUT2D eigenvalue weighted by molar-refractivity contribution is 5.91. The van der Waals surface area contributed by atoms with Crippen LogP contribution in [0, 0.1) is 18.6 Å². The van der Waals surface area contributed by atoms with Gasteiger partial charge in [-0.25, -0.2) is 23.1 Å². The van der Waals surface area contributed by atoms with E-state index in [0.717, 1.165) is 18.1 Å². The van der Waals surface area contributed by atoms with Gasteiger partial charge in [-0.15, -0.1) is 0 Å². The molecule has 212 valence electrons. The van der Waals surface area contributed by atoms with Crippen LogP contribution in [-0.2, 0) is 11.2 Å². The molecule has 1 unspecified atom stereocenters. The molecule has 5 rings (SSSR count). The zero-order chi connectivity index (χ0) is 29.4. The van der Waals surface area contributed by atoms with Crippen molar-refractivity contribution in [2.24, 2.45) is 0 Å². The fraction of sp³-hybridized carbons (Fsp3) is 0.300. The Hall–Kier alpha value is -4.67. The maximum Gasteiger partial charge on any atom is 0.355 e. The summed E-state index contributed by atoms with van der Waals surface area (Å²) in [6, 6.07) is 6.30. The summed E-state index contributed by atoms with van der Waals surface area (Å²) in [5.74, 6) is -2.24. The van der Waals surface area contributed by atoms with Crippen LogP contribution < -0.4 is 10.6 Å². The molecule has 3 aromatic heterocycles. The molecule has 1 saturated heterocycles. The molecule has 1 atom stereocenters. The molecular weight excluding hydrogens is 530 g/mol. The van der Waals surface area contributed by atoms with Crippen LogP contribution in [0.5, 0.6) is 5.75 Å². The van der Waals surface area contributed by atoms with Crippen molar-refractivity contribution < 1.29 is 18.7 Å². The highest BCUT2D eigenvalue weighted by Crippen LogP contribution is 2.36. The molecule has 9 nitrogen and oxygen atoms in total. The maximum atomic E-state index is 15.8. The van der Waals surface area contributed by atoms with Gasteiger partial charge in [0.05, 0.1) is 22.3 Å². The van der Waals surface area contributed by atoms with E-state index in [-0.39, 0.29) is 28.8 Å². The zero-order valence-corrected chi connectivity index (χ0v) is 23.1. The second-order valence-electron chi connectivity index (χ2n) is 10.1. The van der Waals surface area contributed by atoms with Gasteiger partial charge in [0.15, 0.2) is 11.5 Å². The van der Waals surface area contributed by atoms with E-state index in [2.05, 4.69) is 21.5 Å². The van der Waals surface area contributed by atoms with Crippen molar-refractivity contribution in [1.29, 1.82) is 0 Å². The van der Waals surface area contributed by atoms with E-state index in [1.54, 1.807) is 17.2 Å². The smallest absolute Gasteiger partial charge is 0.355 e. The lowest BCUT2D eigenvalue weighted by Crippen LogP contribution is -2.54. The Balaban J connectivity index is 1.82. The van der Waals surface area contributed by atoms with Crippen LogP contribution in [0.4, 0.5) is 14.6 Å². The second-order valence-corrected chi connectivity index (χ2v) is 10.1. The lowest BCUT2D eigenvalue weighted by molar-refractivity contribution is -0.126. The minimum absolute atomic E-state index is 0.0457. The predicted molar refractivity (Wildman–Crippen MR) is 152 cm³/mol. The average Bonchev–Trinajstić information content (AvgIpc) is 2.94. The molecule has 4 heterocycles. The number of aromatic hydroxyl groups is 1. The number of amides is 1. The number of fused-ring (bicyclic) bond motifs is 1. The van der Waals surface area contributed by atoms with Gasteiger partial charge in [-0.2, -0.15) is 4.98 Å². The molecule has 0 saturated carbocycles. The number of benzene rings is 1. The number of aromatic nitrogens is 4. The van der Waals surface area contributed by atoms with Gasteiger partial charge in [0.25, 0.3) is 0 Å². The number of halogens is 2. The Labute approximate surface area is 235 Å². The largest absolute Gasteiger partial charge is 0.507 e. The van der Waals surface area contributed by atoms with Crippen LogP contribution in [0.2, 0.25) is 0 Å². The van der Waals surface area contributed by atoms with E-state index in [4.69, 9.17) is 0 Å². The summed E-state index contributed by atoms with van der Waals surface area (Å²) in [5, 5.41) is 10.7. The molecule has 11 heteroatoms. The first-order chi connectivity index (χ1) is 19.7. The SMILES string of the molecule is C=CC(=O)N1CCN(c2nc(=O)n(-c3c(C)ccnc3CCC)c3nc(-c4c(O)cccc4F)c(F)cc23)C(C)C1. The Morgan fingerprint density at radius 1 is 1.20 bits per heavy atom. The van der Waals surface area contributed by atoms with Gasteiger partial charge in [-0.05, 0) is 56.2 Å². The number of phenolic OH excluding ortho intramolecular Hbond substituents is 1. The van der Waals surface area contributed by atoms with Gasteiger partial charge >= 0.3 is 5.69 Å². The molecular formula is C30H30F2N6O3. The van der Waals surface area contributed by atoms with E-state index < -0.39 is 34.3 Å². The summed E-state index contributed by atoms with van der Waals surface area (Å²) in [6.07, 6.45) is 4.22. The van der Waals surface area contributed by atoms with Gasteiger partial charge < -0.3 is 14.9 Å². The van der Waals surface area contributed by atoms with Crippen LogP contribution in [0.15, 0.2) is 54.0 Å². The van der Waals surface area contributed by atoms with Gasteiger partial charge in [0, 0.05) is 31.9 Å². The normalized spacial score (nSPS) is 15.4. The number of rotatable bonds is 6. The van der Waals surface area contributed by atoms with Crippen molar-refractivity contribution in [3.63, 3.8) is 0 Å². The average molecular weight is 561 g/mol. The first-order valence-corrected chi connectivity index (χ1v) is 13.4. The number of anilines is 1. The summed E-state index contributed by atoms with van der Waals surface area (Å²) in [5.41, 5.74) is 0.368. The third kappa shape index (κ3) is 4.92. The number of nitrogens with zero attached hydrogens (tertiary/aromatic N) is 6. The van der Waals surface area contributed by atoms with E-state index in [1.165, 1.54) is 28.8 Å². The summed E-state index contributed by atoms with van der Waals surface area (Å²) in [4.78, 5) is 43.0. The number of carbonyl (C=O) groups is 1. The fourth-order valence-electron chi connectivity index (χ4n) is 5.38. The molecule has 1 amide bonds. The van der Waals surface area contributed by atoms with E-state index in [0.29, 0.717) is 37.4 Å². The molecule has 1 fully saturated rings. The van der Waals surface area contributed by atoms with E-state index in [9.17, 15) is 19.1 Å². The first kappa shape index (κ1) is 27.9. The summed E-state index contributed by atoms with van der Waals surface area (Å²) < 4.78 is 32.0.